The van der Waals surface area contributed by atoms with E-state index >= 15 is 0 Å². The molecule has 0 saturated heterocycles. The van der Waals surface area contributed by atoms with Crippen LogP contribution in [0.1, 0.15) is 11.1 Å². The third-order valence-electron chi connectivity index (χ3n) is 3.64. The number of nitrogens with one attached hydrogen (secondary N) is 1. The summed E-state index contributed by atoms with van der Waals surface area (Å²) in [7, 11) is 0. The van der Waals surface area contributed by atoms with Crippen molar-refractivity contribution in [2.75, 3.05) is 5.32 Å². The van der Waals surface area contributed by atoms with E-state index in [4.69, 9.17) is 4.98 Å². The van der Waals surface area contributed by atoms with Gasteiger partial charge in [-0.3, -0.25) is 4.57 Å². The van der Waals surface area contributed by atoms with Crippen LogP contribution in [0.4, 0.5) is 5.82 Å². The maximum atomic E-state index is 4.70. The highest BCUT2D eigenvalue weighted by atomic mass is 32.1. The first-order valence-corrected chi connectivity index (χ1v) is 8.21. The van der Waals surface area contributed by atoms with Crippen LogP contribution >= 0.6 is 11.3 Å². The first-order chi connectivity index (χ1) is 11.3. The SMILES string of the molecule is Cc1csc2nc(-n3ccnc3)nc(NCc3ccccc3)c12. The van der Waals surface area contributed by atoms with E-state index in [9.17, 15) is 0 Å². The summed E-state index contributed by atoms with van der Waals surface area (Å²) in [6.07, 6.45) is 5.29. The Labute approximate surface area is 137 Å². The van der Waals surface area contributed by atoms with Crippen molar-refractivity contribution >= 4 is 27.4 Å². The van der Waals surface area contributed by atoms with Gasteiger partial charge in [-0.2, -0.15) is 4.98 Å². The molecule has 0 radical (unpaired) electrons. The monoisotopic (exact) mass is 321 g/mol. The average Bonchev–Trinajstić information content (AvgIpc) is 3.24. The summed E-state index contributed by atoms with van der Waals surface area (Å²) < 4.78 is 1.82. The van der Waals surface area contributed by atoms with Gasteiger partial charge < -0.3 is 5.32 Å². The zero-order valence-corrected chi connectivity index (χ0v) is 13.4. The number of hydrogen-bond acceptors (Lipinski definition) is 5. The summed E-state index contributed by atoms with van der Waals surface area (Å²) >= 11 is 1.64. The van der Waals surface area contributed by atoms with Crippen molar-refractivity contribution in [3.05, 3.63) is 65.6 Å². The van der Waals surface area contributed by atoms with Crippen LogP contribution in [0.2, 0.25) is 0 Å². The molecule has 5 nitrogen and oxygen atoms in total. The molecule has 23 heavy (non-hydrogen) atoms. The number of benzene rings is 1. The van der Waals surface area contributed by atoms with Crippen LogP contribution in [0.15, 0.2) is 54.4 Å². The molecular formula is C17H15N5S. The Balaban J connectivity index is 1.75. The van der Waals surface area contributed by atoms with Gasteiger partial charge in [0.05, 0.1) is 5.39 Å². The van der Waals surface area contributed by atoms with E-state index in [0.29, 0.717) is 5.95 Å². The summed E-state index contributed by atoms with van der Waals surface area (Å²) in [6, 6.07) is 10.3. The maximum Gasteiger partial charge on any atom is 0.238 e. The van der Waals surface area contributed by atoms with Crippen molar-refractivity contribution in [2.24, 2.45) is 0 Å². The molecule has 0 aliphatic heterocycles. The Kier molecular flexibility index (Phi) is 3.51. The number of rotatable bonds is 4. The third kappa shape index (κ3) is 2.68. The molecule has 0 atom stereocenters. The second-order valence-electron chi connectivity index (χ2n) is 5.28. The lowest BCUT2D eigenvalue weighted by Gasteiger charge is -2.10. The largest absolute Gasteiger partial charge is 0.365 e. The van der Waals surface area contributed by atoms with E-state index in [2.05, 4.69) is 39.7 Å². The van der Waals surface area contributed by atoms with E-state index < -0.39 is 0 Å². The van der Waals surface area contributed by atoms with Crippen LogP contribution in [0.5, 0.6) is 0 Å². The van der Waals surface area contributed by atoms with Crippen LogP contribution < -0.4 is 5.32 Å². The summed E-state index contributed by atoms with van der Waals surface area (Å²) in [5.74, 6) is 1.49. The second-order valence-corrected chi connectivity index (χ2v) is 6.14. The molecule has 6 heteroatoms. The molecule has 1 N–H and O–H groups in total. The van der Waals surface area contributed by atoms with Gasteiger partial charge in [-0.25, -0.2) is 9.97 Å². The molecule has 0 bridgehead atoms. The molecule has 4 rings (SSSR count). The number of aromatic nitrogens is 4. The lowest BCUT2D eigenvalue weighted by Crippen LogP contribution is -2.06. The Morgan fingerprint density at radius 1 is 1.17 bits per heavy atom. The van der Waals surface area contributed by atoms with Crippen molar-refractivity contribution < 1.29 is 0 Å². The number of aryl methyl sites for hydroxylation is 1. The van der Waals surface area contributed by atoms with Gasteiger partial charge in [0.1, 0.15) is 17.0 Å². The molecule has 0 amide bonds. The Hall–Kier alpha value is -2.73. The maximum absolute atomic E-state index is 4.70. The number of hydrogen-bond donors (Lipinski definition) is 1. The van der Waals surface area contributed by atoms with E-state index in [0.717, 1.165) is 22.6 Å². The number of nitrogens with zero attached hydrogens (tertiary/aromatic N) is 4. The van der Waals surface area contributed by atoms with Crippen LogP contribution in [0, 0.1) is 6.92 Å². The fraction of sp³-hybridized carbons (Fsp3) is 0.118. The first-order valence-electron chi connectivity index (χ1n) is 7.33. The molecule has 0 aliphatic rings. The fourth-order valence-electron chi connectivity index (χ4n) is 2.48. The predicted octanol–water partition coefficient (Wildman–Crippen LogP) is 3.80. The zero-order chi connectivity index (χ0) is 15.6. The summed E-state index contributed by atoms with van der Waals surface area (Å²) in [5, 5.41) is 6.66. The Morgan fingerprint density at radius 3 is 2.83 bits per heavy atom. The lowest BCUT2D eigenvalue weighted by atomic mass is 10.2. The summed E-state index contributed by atoms with van der Waals surface area (Å²) in [5.41, 5.74) is 2.41. The van der Waals surface area contributed by atoms with Gasteiger partial charge in [0.25, 0.3) is 0 Å². The Bertz CT molecular complexity index is 928. The van der Waals surface area contributed by atoms with Crippen LogP contribution in [-0.4, -0.2) is 19.5 Å². The van der Waals surface area contributed by atoms with E-state index in [1.807, 2.05) is 29.0 Å². The molecule has 4 aromatic rings. The van der Waals surface area contributed by atoms with Crippen molar-refractivity contribution in [3.8, 4) is 5.95 Å². The Morgan fingerprint density at radius 2 is 2.04 bits per heavy atom. The quantitative estimate of drug-likeness (QED) is 0.621. The highest BCUT2D eigenvalue weighted by Gasteiger charge is 2.12. The van der Waals surface area contributed by atoms with Crippen molar-refractivity contribution in [1.29, 1.82) is 0 Å². The van der Waals surface area contributed by atoms with Gasteiger partial charge in [-0.1, -0.05) is 30.3 Å². The van der Waals surface area contributed by atoms with Gasteiger partial charge in [0.2, 0.25) is 5.95 Å². The number of anilines is 1. The predicted molar refractivity (Wildman–Crippen MR) is 93.0 cm³/mol. The number of fused-ring (bicyclic) bond motifs is 1. The standard InChI is InChI=1S/C17H15N5S/c1-12-10-23-16-14(12)15(19-9-13-5-3-2-4-6-13)20-17(21-16)22-8-7-18-11-22/h2-8,10-11H,9H2,1H3,(H,19,20,21). The van der Waals surface area contributed by atoms with Gasteiger partial charge in [0, 0.05) is 18.9 Å². The van der Waals surface area contributed by atoms with E-state index in [1.165, 1.54) is 11.1 Å². The van der Waals surface area contributed by atoms with Crippen LogP contribution in [0.25, 0.3) is 16.2 Å². The molecule has 3 heterocycles. The van der Waals surface area contributed by atoms with Gasteiger partial charge in [-0.05, 0) is 23.4 Å². The summed E-state index contributed by atoms with van der Waals surface area (Å²) in [6.45, 7) is 2.82. The summed E-state index contributed by atoms with van der Waals surface area (Å²) in [4.78, 5) is 14.4. The normalized spacial score (nSPS) is 11.0. The zero-order valence-electron chi connectivity index (χ0n) is 12.6. The van der Waals surface area contributed by atoms with Gasteiger partial charge in [-0.15, -0.1) is 11.3 Å². The minimum atomic E-state index is 0.632. The lowest BCUT2D eigenvalue weighted by molar-refractivity contribution is 0.938. The van der Waals surface area contributed by atoms with E-state index in [1.54, 1.807) is 23.9 Å². The molecule has 114 valence electrons. The fourth-order valence-corrected chi connectivity index (χ4v) is 3.39. The molecule has 0 unspecified atom stereocenters. The number of imidazole rings is 1. The second kappa shape index (κ2) is 5.81. The van der Waals surface area contributed by atoms with Crippen molar-refractivity contribution in [1.82, 2.24) is 19.5 Å². The minimum absolute atomic E-state index is 0.632. The molecular weight excluding hydrogens is 306 g/mol. The average molecular weight is 321 g/mol. The smallest absolute Gasteiger partial charge is 0.238 e. The molecule has 3 aromatic heterocycles. The van der Waals surface area contributed by atoms with Crippen molar-refractivity contribution in [3.63, 3.8) is 0 Å². The molecule has 1 aromatic carbocycles. The minimum Gasteiger partial charge on any atom is -0.365 e. The molecule has 0 spiro atoms. The molecule has 0 saturated carbocycles. The van der Waals surface area contributed by atoms with Crippen molar-refractivity contribution in [2.45, 2.75) is 13.5 Å². The van der Waals surface area contributed by atoms with E-state index in [-0.39, 0.29) is 0 Å². The van der Waals surface area contributed by atoms with Crippen LogP contribution in [-0.2, 0) is 6.54 Å². The number of thiophene rings is 1. The third-order valence-corrected chi connectivity index (χ3v) is 4.63. The first kappa shape index (κ1) is 13.9. The highest BCUT2D eigenvalue weighted by molar-refractivity contribution is 7.17. The molecule has 0 aliphatic carbocycles. The highest BCUT2D eigenvalue weighted by Crippen LogP contribution is 2.30. The van der Waals surface area contributed by atoms with Gasteiger partial charge >= 0.3 is 0 Å². The van der Waals surface area contributed by atoms with Gasteiger partial charge in [0.15, 0.2) is 0 Å². The molecule has 0 fully saturated rings. The van der Waals surface area contributed by atoms with Crippen LogP contribution in [0.3, 0.4) is 0 Å². The topological polar surface area (TPSA) is 55.6 Å².